The first-order valence-corrected chi connectivity index (χ1v) is 9.63. The van der Waals surface area contributed by atoms with Crippen LogP contribution in [0.25, 0.3) is 0 Å². The second-order valence-corrected chi connectivity index (χ2v) is 6.50. The van der Waals surface area contributed by atoms with Crippen molar-refractivity contribution in [3.63, 3.8) is 0 Å². The molecule has 0 saturated carbocycles. The van der Waals surface area contributed by atoms with Crippen LogP contribution in [-0.2, 0) is 14.3 Å². The molecule has 2 aliphatic heterocycles. The van der Waals surface area contributed by atoms with Crippen molar-refractivity contribution in [2.75, 3.05) is 46.1 Å². The van der Waals surface area contributed by atoms with Crippen LogP contribution < -0.4 is 15.4 Å². The van der Waals surface area contributed by atoms with Gasteiger partial charge in [-0.1, -0.05) is 18.2 Å². The van der Waals surface area contributed by atoms with E-state index < -0.39 is 12.0 Å². The molecule has 0 aromatic heterocycles. The molecule has 1 unspecified atom stereocenters. The zero-order valence-electron chi connectivity index (χ0n) is 16.3. The van der Waals surface area contributed by atoms with Gasteiger partial charge >= 0.3 is 12.0 Å². The molecule has 1 aromatic rings. The Kier molecular flexibility index (Phi) is 6.89. The number of hydrogen-bond acceptors (Lipinski definition) is 6. The van der Waals surface area contributed by atoms with E-state index in [4.69, 9.17) is 14.2 Å². The fourth-order valence-corrected chi connectivity index (χ4v) is 3.41. The van der Waals surface area contributed by atoms with Crippen LogP contribution in [0.5, 0.6) is 5.75 Å². The molecular weight excluding hydrogens is 362 g/mol. The Morgan fingerprint density at radius 1 is 1.21 bits per heavy atom. The predicted octanol–water partition coefficient (Wildman–Crippen LogP) is 1.59. The molecule has 8 nitrogen and oxygen atoms in total. The maximum atomic E-state index is 12.9. The number of carbonyl (C=O) groups excluding carboxylic acids is 2. The number of rotatable bonds is 7. The van der Waals surface area contributed by atoms with Crippen molar-refractivity contribution >= 4 is 12.0 Å². The van der Waals surface area contributed by atoms with Crippen LogP contribution in [-0.4, -0.2) is 63.0 Å². The van der Waals surface area contributed by atoms with E-state index in [-0.39, 0.29) is 12.6 Å². The van der Waals surface area contributed by atoms with Crippen molar-refractivity contribution in [2.45, 2.75) is 19.9 Å². The number of nitrogens with one attached hydrogen (secondary N) is 2. The van der Waals surface area contributed by atoms with Crippen molar-refractivity contribution < 1.29 is 23.8 Å². The first-order chi connectivity index (χ1) is 13.6. The number of hydrogen-bond donors (Lipinski definition) is 2. The number of morpholine rings is 1. The van der Waals surface area contributed by atoms with E-state index in [0.717, 1.165) is 18.7 Å². The van der Waals surface area contributed by atoms with Crippen molar-refractivity contribution in [2.24, 2.45) is 0 Å². The van der Waals surface area contributed by atoms with Gasteiger partial charge in [0.05, 0.1) is 38.0 Å². The summed E-state index contributed by atoms with van der Waals surface area (Å²) in [5.41, 5.74) is 1.68. The summed E-state index contributed by atoms with van der Waals surface area (Å²) in [6, 6.07) is 6.40. The van der Waals surface area contributed by atoms with Crippen molar-refractivity contribution in [1.29, 1.82) is 0 Å². The van der Waals surface area contributed by atoms with E-state index in [9.17, 15) is 9.59 Å². The predicted molar refractivity (Wildman–Crippen MR) is 103 cm³/mol. The van der Waals surface area contributed by atoms with Crippen LogP contribution in [0.2, 0.25) is 0 Å². The Morgan fingerprint density at radius 2 is 1.96 bits per heavy atom. The summed E-state index contributed by atoms with van der Waals surface area (Å²) in [5.74, 6) is 0.180. The van der Waals surface area contributed by atoms with Gasteiger partial charge in [-0.15, -0.1) is 0 Å². The summed E-state index contributed by atoms with van der Waals surface area (Å²) in [6.07, 6.45) is 0. The van der Waals surface area contributed by atoms with Gasteiger partial charge in [-0.3, -0.25) is 4.90 Å². The van der Waals surface area contributed by atoms with E-state index >= 15 is 0 Å². The highest BCUT2D eigenvalue weighted by molar-refractivity contribution is 5.95. The van der Waals surface area contributed by atoms with Crippen molar-refractivity contribution in [1.82, 2.24) is 15.5 Å². The third-order valence-electron chi connectivity index (χ3n) is 4.66. The van der Waals surface area contributed by atoms with Gasteiger partial charge in [-0.05, 0) is 19.9 Å². The average Bonchev–Trinajstić information content (AvgIpc) is 2.69. The van der Waals surface area contributed by atoms with Crippen molar-refractivity contribution in [3.8, 4) is 5.75 Å². The molecule has 2 aliphatic rings. The lowest BCUT2D eigenvalue weighted by atomic mass is 9.94. The summed E-state index contributed by atoms with van der Waals surface area (Å²) in [6.45, 7) is 7.57. The fourth-order valence-electron chi connectivity index (χ4n) is 3.41. The quantitative estimate of drug-likeness (QED) is 0.689. The van der Waals surface area contributed by atoms with Crippen LogP contribution in [0, 0.1) is 0 Å². The molecule has 152 valence electrons. The van der Waals surface area contributed by atoms with Crippen LogP contribution >= 0.6 is 0 Å². The van der Waals surface area contributed by atoms with Gasteiger partial charge < -0.3 is 24.8 Å². The monoisotopic (exact) mass is 389 g/mol. The van der Waals surface area contributed by atoms with Gasteiger partial charge in [0.25, 0.3) is 0 Å². The van der Waals surface area contributed by atoms with Gasteiger partial charge in [0, 0.05) is 30.9 Å². The number of para-hydroxylation sites is 1. The van der Waals surface area contributed by atoms with Crippen LogP contribution in [0.3, 0.4) is 0 Å². The van der Waals surface area contributed by atoms with E-state index in [1.54, 1.807) is 6.92 Å². The van der Waals surface area contributed by atoms with Gasteiger partial charge in [0.2, 0.25) is 0 Å². The van der Waals surface area contributed by atoms with Crippen LogP contribution in [0.1, 0.15) is 25.5 Å². The van der Waals surface area contributed by atoms with E-state index in [2.05, 4.69) is 15.5 Å². The molecule has 0 aliphatic carbocycles. The highest BCUT2D eigenvalue weighted by Crippen LogP contribution is 2.33. The first-order valence-electron chi connectivity index (χ1n) is 9.63. The topological polar surface area (TPSA) is 89.1 Å². The third-order valence-corrected chi connectivity index (χ3v) is 4.66. The number of amides is 2. The summed E-state index contributed by atoms with van der Waals surface area (Å²) in [4.78, 5) is 27.4. The second kappa shape index (κ2) is 9.57. The summed E-state index contributed by atoms with van der Waals surface area (Å²) < 4.78 is 16.4. The first kappa shape index (κ1) is 20.2. The molecule has 28 heavy (non-hydrogen) atoms. The molecule has 2 N–H and O–H groups in total. The maximum Gasteiger partial charge on any atom is 0.338 e. The molecule has 0 spiro atoms. The zero-order chi connectivity index (χ0) is 19.9. The molecule has 2 heterocycles. The fraction of sp³-hybridized carbons (Fsp3) is 0.500. The summed E-state index contributed by atoms with van der Waals surface area (Å²) in [5, 5.41) is 5.67. The zero-order valence-corrected chi connectivity index (χ0v) is 16.3. The lowest BCUT2D eigenvalue weighted by Crippen LogP contribution is -2.49. The van der Waals surface area contributed by atoms with E-state index in [1.165, 1.54) is 0 Å². The smallest absolute Gasteiger partial charge is 0.338 e. The lowest BCUT2D eigenvalue weighted by molar-refractivity contribution is -0.139. The number of esters is 1. The lowest BCUT2D eigenvalue weighted by Gasteiger charge is -2.33. The summed E-state index contributed by atoms with van der Waals surface area (Å²) in [7, 11) is 0. The molecule has 1 aromatic carbocycles. The maximum absolute atomic E-state index is 12.9. The molecule has 1 atom stereocenters. The largest absolute Gasteiger partial charge is 0.494 e. The Hall–Kier alpha value is -2.58. The van der Waals surface area contributed by atoms with Crippen LogP contribution in [0.15, 0.2) is 35.5 Å². The normalized spacial score (nSPS) is 20.4. The molecule has 1 saturated heterocycles. The van der Waals surface area contributed by atoms with Gasteiger partial charge in [0.15, 0.2) is 0 Å². The molecule has 3 rings (SSSR count). The van der Waals surface area contributed by atoms with E-state index in [1.807, 2.05) is 31.2 Å². The standard InChI is InChI=1S/C20H27N3O5/c1-3-27-16-8-6-5-7-14(16)18-17(19(24)28-4-2)15(21-20(25)22-18)13-23-9-11-26-12-10-23/h5-8,18H,3-4,9-13H2,1-2H3,(H2,21,22,25). The molecule has 0 radical (unpaired) electrons. The summed E-state index contributed by atoms with van der Waals surface area (Å²) >= 11 is 0. The third kappa shape index (κ3) is 4.63. The highest BCUT2D eigenvalue weighted by Gasteiger charge is 2.35. The van der Waals surface area contributed by atoms with Gasteiger partial charge in [-0.25, -0.2) is 9.59 Å². The number of benzene rings is 1. The number of carbonyl (C=O) groups is 2. The number of ether oxygens (including phenoxy) is 3. The average molecular weight is 389 g/mol. The number of urea groups is 1. The van der Waals surface area contributed by atoms with Crippen LogP contribution in [0.4, 0.5) is 4.79 Å². The Balaban J connectivity index is 2.01. The molecule has 8 heteroatoms. The Morgan fingerprint density at radius 3 is 2.68 bits per heavy atom. The van der Waals surface area contributed by atoms with Gasteiger partial charge in [0.1, 0.15) is 5.75 Å². The SMILES string of the molecule is CCOC(=O)C1=C(CN2CCOCC2)NC(=O)NC1c1ccccc1OCC. The Labute approximate surface area is 164 Å². The molecular formula is C20H27N3O5. The molecule has 1 fully saturated rings. The van der Waals surface area contributed by atoms with E-state index in [0.29, 0.717) is 43.4 Å². The molecule has 2 amide bonds. The van der Waals surface area contributed by atoms with Crippen molar-refractivity contribution in [3.05, 3.63) is 41.1 Å². The molecule has 0 bridgehead atoms. The highest BCUT2D eigenvalue weighted by atomic mass is 16.5. The van der Waals surface area contributed by atoms with Gasteiger partial charge in [-0.2, -0.15) is 0 Å². The number of nitrogens with zero attached hydrogens (tertiary/aromatic N) is 1. The minimum Gasteiger partial charge on any atom is -0.494 e. The minimum atomic E-state index is -0.647. The Bertz CT molecular complexity index is 743. The second-order valence-electron chi connectivity index (χ2n) is 6.50. The minimum absolute atomic E-state index is 0.251.